The molecule has 2 aliphatic heterocycles. The fourth-order valence-corrected chi connectivity index (χ4v) is 4.59. The molecule has 0 bridgehead atoms. The van der Waals surface area contributed by atoms with Crippen molar-refractivity contribution in [3.05, 3.63) is 47.7 Å². The lowest BCUT2D eigenvalue weighted by Crippen LogP contribution is -2.45. The molecule has 1 aromatic carbocycles. The Kier molecular flexibility index (Phi) is 8.37. The van der Waals surface area contributed by atoms with Gasteiger partial charge in [-0.2, -0.15) is 0 Å². The van der Waals surface area contributed by atoms with Gasteiger partial charge in [0.25, 0.3) is 11.8 Å². The second-order valence-corrected chi connectivity index (χ2v) is 8.81. The summed E-state index contributed by atoms with van der Waals surface area (Å²) in [6.45, 7) is 6.11. The third-order valence-electron chi connectivity index (χ3n) is 6.53. The number of nitrogens with zero attached hydrogens (tertiary/aromatic N) is 3. The van der Waals surface area contributed by atoms with E-state index in [0.29, 0.717) is 60.9 Å². The Morgan fingerprint density at radius 3 is 2.50 bits per heavy atom. The molecule has 2 saturated heterocycles. The lowest BCUT2D eigenvalue weighted by molar-refractivity contribution is -0.149. The lowest BCUT2D eigenvalue weighted by Gasteiger charge is -2.33. The number of piperidine rings is 1. The third kappa shape index (κ3) is 5.76. The zero-order valence-corrected chi connectivity index (χ0v) is 20.8. The number of nitrogens with one attached hydrogen (secondary N) is 2. The van der Waals surface area contributed by atoms with Gasteiger partial charge in [0, 0.05) is 39.3 Å². The molecular weight excluding hydrogens is 462 g/mol. The molecule has 1 aromatic heterocycles. The van der Waals surface area contributed by atoms with E-state index in [9.17, 15) is 14.4 Å². The van der Waals surface area contributed by atoms with Crippen molar-refractivity contribution in [3.63, 3.8) is 0 Å². The van der Waals surface area contributed by atoms with E-state index in [-0.39, 0.29) is 23.7 Å². The van der Waals surface area contributed by atoms with Crippen LogP contribution in [0.25, 0.3) is 0 Å². The number of pyridine rings is 1. The van der Waals surface area contributed by atoms with Crippen LogP contribution in [0.4, 0.5) is 11.5 Å². The summed E-state index contributed by atoms with van der Waals surface area (Å²) in [5.41, 5.74) is 1.25. The highest BCUT2D eigenvalue weighted by molar-refractivity contribution is 6.07. The Hall–Kier alpha value is -3.66. The Bertz CT molecular complexity index is 1090. The van der Waals surface area contributed by atoms with E-state index < -0.39 is 0 Å². The summed E-state index contributed by atoms with van der Waals surface area (Å²) in [5.74, 6) is 0.162. The number of carbonyl (C=O) groups excluding carboxylic acids is 3. The molecule has 3 heterocycles. The van der Waals surface area contributed by atoms with E-state index in [0.717, 1.165) is 26.2 Å². The molecule has 0 saturated carbocycles. The molecule has 2 amide bonds. The zero-order chi connectivity index (χ0) is 25.5. The van der Waals surface area contributed by atoms with Crippen LogP contribution in [-0.2, 0) is 9.53 Å². The molecule has 36 heavy (non-hydrogen) atoms. The second-order valence-electron chi connectivity index (χ2n) is 8.81. The Morgan fingerprint density at radius 2 is 1.81 bits per heavy atom. The van der Waals surface area contributed by atoms with E-state index in [2.05, 4.69) is 20.5 Å². The molecule has 10 nitrogen and oxygen atoms in total. The van der Waals surface area contributed by atoms with Crippen LogP contribution in [0.3, 0.4) is 0 Å². The zero-order valence-electron chi connectivity index (χ0n) is 20.8. The number of likely N-dealkylation sites (tertiary alicyclic amines) is 1. The first-order valence-electron chi connectivity index (χ1n) is 12.4. The minimum atomic E-state index is -0.349. The van der Waals surface area contributed by atoms with E-state index in [1.165, 1.54) is 7.11 Å². The van der Waals surface area contributed by atoms with Crippen LogP contribution in [0.15, 0.2) is 36.5 Å². The van der Waals surface area contributed by atoms with Crippen molar-refractivity contribution in [2.45, 2.75) is 19.8 Å². The largest absolute Gasteiger partial charge is 0.496 e. The quantitative estimate of drug-likeness (QED) is 0.562. The van der Waals surface area contributed by atoms with Crippen molar-refractivity contribution in [3.8, 4) is 5.75 Å². The molecule has 2 aliphatic rings. The Balaban J connectivity index is 1.56. The van der Waals surface area contributed by atoms with Gasteiger partial charge in [-0.3, -0.25) is 14.4 Å². The van der Waals surface area contributed by atoms with Gasteiger partial charge >= 0.3 is 5.97 Å². The highest BCUT2D eigenvalue weighted by Crippen LogP contribution is 2.27. The van der Waals surface area contributed by atoms with Crippen molar-refractivity contribution in [2.24, 2.45) is 5.92 Å². The van der Waals surface area contributed by atoms with Crippen molar-refractivity contribution in [1.29, 1.82) is 0 Å². The summed E-state index contributed by atoms with van der Waals surface area (Å²) in [4.78, 5) is 47.2. The van der Waals surface area contributed by atoms with Crippen LogP contribution in [0.2, 0.25) is 0 Å². The summed E-state index contributed by atoms with van der Waals surface area (Å²) in [5, 5.41) is 6.16. The molecule has 0 spiro atoms. The van der Waals surface area contributed by atoms with E-state index >= 15 is 0 Å². The fraction of sp³-hybridized carbons (Fsp3) is 0.462. The maximum atomic E-state index is 13.7. The summed E-state index contributed by atoms with van der Waals surface area (Å²) in [6.07, 6.45) is 2.70. The van der Waals surface area contributed by atoms with Crippen molar-refractivity contribution < 1.29 is 23.9 Å². The number of anilines is 2. The number of piperazine rings is 1. The summed E-state index contributed by atoms with van der Waals surface area (Å²) in [7, 11) is 1.51. The molecule has 2 aromatic rings. The summed E-state index contributed by atoms with van der Waals surface area (Å²) >= 11 is 0. The molecule has 10 heteroatoms. The molecule has 2 fully saturated rings. The topological polar surface area (TPSA) is 113 Å². The molecule has 0 unspecified atom stereocenters. The number of aromatic nitrogens is 1. The fourth-order valence-electron chi connectivity index (χ4n) is 4.59. The highest BCUT2D eigenvalue weighted by atomic mass is 16.5. The Morgan fingerprint density at radius 1 is 1.08 bits per heavy atom. The highest BCUT2D eigenvalue weighted by Gasteiger charge is 2.31. The molecule has 0 radical (unpaired) electrons. The van der Waals surface area contributed by atoms with Gasteiger partial charge < -0.3 is 29.9 Å². The maximum Gasteiger partial charge on any atom is 0.309 e. The maximum absolute atomic E-state index is 13.7. The first kappa shape index (κ1) is 25.4. The van der Waals surface area contributed by atoms with Crippen molar-refractivity contribution in [2.75, 3.05) is 63.2 Å². The van der Waals surface area contributed by atoms with Gasteiger partial charge in [-0.1, -0.05) is 12.1 Å². The third-order valence-corrected chi connectivity index (χ3v) is 6.53. The molecule has 0 aliphatic carbocycles. The molecule has 4 rings (SSSR count). The number of methoxy groups -OCH3 is 1. The van der Waals surface area contributed by atoms with Crippen molar-refractivity contribution in [1.82, 2.24) is 15.2 Å². The van der Waals surface area contributed by atoms with Crippen LogP contribution in [0.1, 0.15) is 40.5 Å². The molecular formula is C26H33N5O5. The molecule has 192 valence electrons. The number of benzene rings is 1. The van der Waals surface area contributed by atoms with Gasteiger partial charge in [0.2, 0.25) is 0 Å². The number of ether oxygens (including phenoxy) is 2. The predicted octanol–water partition coefficient (Wildman–Crippen LogP) is 2.17. The first-order chi connectivity index (χ1) is 17.5. The number of esters is 1. The Labute approximate surface area is 211 Å². The van der Waals surface area contributed by atoms with Crippen LogP contribution in [-0.4, -0.2) is 80.7 Å². The first-order valence-corrected chi connectivity index (χ1v) is 12.4. The average Bonchev–Trinajstić information content (AvgIpc) is 2.93. The summed E-state index contributed by atoms with van der Waals surface area (Å²) < 4.78 is 10.5. The van der Waals surface area contributed by atoms with Gasteiger partial charge in [-0.05, 0) is 38.0 Å². The van der Waals surface area contributed by atoms with E-state index in [1.54, 1.807) is 48.4 Å². The number of para-hydroxylation sites is 1. The normalized spacial score (nSPS) is 16.4. The number of hydrogen-bond donors (Lipinski definition) is 2. The van der Waals surface area contributed by atoms with Gasteiger partial charge in [0.1, 0.15) is 11.6 Å². The number of rotatable bonds is 7. The number of hydrogen-bond acceptors (Lipinski definition) is 8. The van der Waals surface area contributed by atoms with Crippen molar-refractivity contribution >= 4 is 29.3 Å². The van der Waals surface area contributed by atoms with Gasteiger partial charge in [0.15, 0.2) is 0 Å². The smallest absolute Gasteiger partial charge is 0.309 e. The minimum absolute atomic E-state index is 0.160. The minimum Gasteiger partial charge on any atom is -0.496 e. The van der Waals surface area contributed by atoms with Gasteiger partial charge in [0.05, 0.1) is 42.6 Å². The van der Waals surface area contributed by atoms with Crippen LogP contribution in [0.5, 0.6) is 5.75 Å². The van der Waals surface area contributed by atoms with Crippen LogP contribution >= 0.6 is 0 Å². The molecule has 0 atom stereocenters. The van der Waals surface area contributed by atoms with E-state index in [4.69, 9.17) is 9.47 Å². The van der Waals surface area contributed by atoms with Gasteiger partial charge in [-0.15, -0.1) is 0 Å². The van der Waals surface area contributed by atoms with E-state index in [1.807, 2.05) is 0 Å². The lowest BCUT2D eigenvalue weighted by atomic mass is 9.96. The van der Waals surface area contributed by atoms with Crippen LogP contribution < -0.4 is 20.3 Å². The second kappa shape index (κ2) is 11.9. The average molecular weight is 496 g/mol. The molecule has 2 N–H and O–H groups in total. The summed E-state index contributed by atoms with van der Waals surface area (Å²) in [6, 6.07) is 8.64. The van der Waals surface area contributed by atoms with Gasteiger partial charge in [-0.25, -0.2) is 4.98 Å². The monoisotopic (exact) mass is 495 g/mol. The SMILES string of the molecule is CCOC(=O)C1CCN(C(=O)c2cc(NC(=O)c3ccccc3OC)cnc2N2CCNCC2)CC1. The standard InChI is InChI=1S/C26H33N5O5/c1-3-36-26(34)18-8-12-31(13-9-18)25(33)21-16-19(17-28-23(21)30-14-10-27-11-15-30)29-24(32)20-6-4-5-7-22(20)35-2/h4-7,16-18,27H,3,8-15H2,1-2H3,(H,29,32). The van der Waals surface area contributed by atoms with Crippen LogP contribution in [0, 0.1) is 5.92 Å². The number of amides is 2. The predicted molar refractivity (Wildman–Crippen MR) is 136 cm³/mol. The number of carbonyl (C=O) groups is 3.